The van der Waals surface area contributed by atoms with Crippen molar-refractivity contribution in [1.29, 1.82) is 0 Å². The number of hydrogen-bond donors (Lipinski definition) is 2. The quantitative estimate of drug-likeness (QED) is 0.578. The molecule has 4 rings (SSSR count). The molecule has 1 amide bonds. The van der Waals surface area contributed by atoms with Crippen LogP contribution in [0, 0.1) is 6.92 Å². The largest absolute Gasteiger partial charge is 0.288 e. The van der Waals surface area contributed by atoms with Gasteiger partial charge in [-0.3, -0.25) is 10.1 Å². The molecule has 0 aliphatic heterocycles. The van der Waals surface area contributed by atoms with Crippen molar-refractivity contribution in [1.82, 2.24) is 25.6 Å². The third-order valence-electron chi connectivity index (χ3n) is 4.05. The molecule has 128 valence electrons. The molecular weight excluding hydrogens is 352 g/mol. The third kappa shape index (κ3) is 2.89. The Morgan fingerprint density at radius 3 is 2.62 bits per heavy atom. The molecule has 0 aliphatic carbocycles. The summed E-state index contributed by atoms with van der Waals surface area (Å²) in [6.45, 7) is 1.87. The number of aromatic nitrogens is 5. The van der Waals surface area contributed by atoms with Gasteiger partial charge in [-0.05, 0) is 35.9 Å². The van der Waals surface area contributed by atoms with E-state index in [1.165, 1.54) is 0 Å². The van der Waals surface area contributed by atoms with Gasteiger partial charge in [0.25, 0.3) is 11.9 Å². The Bertz CT molecular complexity index is 1090. The first-order valence-corrected chi connectivity index (χ1v) is 8.21. The third-order valence-corrected chi connectivity index (χ3v) is 4.30. The molecule has 0 radical (unpaired) electrons. The number of halogens is 1. The molecule has 0 aliphatic rings. The standard InChI is InChI=1S/C18H13ClN6O/c1-10-15(17(26)21-18-22-24-25-23-18)13-4-2-3-5-14(13)20-16(10)11-6-8-12(19)9-7-11/h2-9H,1H3,(H2,21,22,23,24,25,26). The maximum atomic E-state index is 12.9. The zero-order valence-electron chi connectivity index (χ0n) is 13.7. The van der Waals surface area contributed by atoms with Crippen LogP contribution in [0.4, 0.5) is 5.95 Å². The van der Waals surface area contributed by atoms with Gasteiger partial charge in [0.2, 0.25) is 0 Å². The normalized spacial score (nSPS) is 10.8. The second-order valence-corrected chi connectivity index (χ2v) is 6.11. The average Bonchev–Trinajstić information content (AvgIpc) is 3.15. The topological polar surface area (TPSA) is 96.5 Å². The van der Waals surface area contributed by atoms with Gasteiger partial charge in [-0.1, -0.05) is 47.0 Å². The lowest BCUT2D eigenvalue weighted by Gasteiger charge is -2.14. The van der Waals surface area contributed by atoms with Crippen molar-refractivity contribution in [2.45, 2.75) is 6.92 Å². The van der Waals surface area contributed by atoms with Gasteiger partial charge in [-0.15, -0.1) is 5.10 Å². The van der Waals surface area contributed by atoms with Gasteiger partial charge >= 0.3 is 0 Å². The van der Waals surface area contributed by atoms with Crippen molar-refractivity contribution in [3.05, 3.63) is 64.7 Å². The zero-order chi connectivity index (χ0) is 18.1. The monoisotopic (exact) mass is 364 g/mol. The van der Waals surface area contributed by atoms with E-state index < -0.39 is 0 Å². The number of hydrogen-bond acceptors (Lipinski definition) is 5. The van der Waals surface area contributed by atoms with Gasteiger partial charge in [-0.25, -0.2) is 4.98 Å². The molecule has 4 aromatic rings. The summed E-state index contributed by atoms with van der Waals surface area (Å²) in [4.78, 5) is 17.6. The zero-order valence-corrected chi connectivity index (χ0v) is 14.4. The molecule has 8 heteroatoms. The SMILES string of the molecule is Cc1c(-c2ccc(Cl)cc2)nc2ccccc2c1C(=O)Nc1nn[nH]n1. The fourth-order valence-electron chi connectivity index (χ4n) is 2.87. The Morgan fingerprint density at radius 1 is 1.12 bits per heavy atom. The lowest BCUT2D eigenvalue weighted by Crippen LogP contribution is -2.16. The Morgan fingerprint density at radius 2 is 1.88 bits per heavy atom. The molecule has 26 heavy (non-hydrogen) atoms. The van der Waals surface area contributed by atoms with Crippen LogP contribution in [-0.4, -0.2) is 31.5 Å². The molecule has 0 bridgehead atoms. The Kier molecular flexibility index (Phi) is 4.06. The molecule has 2 heterocycles. The number of para-hydroxylation sites is 1. The van der Waals surface area contributed by atoms with Crippen LogP contribution in [0.1, 0.15) is 15.9 Å². The van der Waals surface area contributed by atoms with Gasteiger partial charge < -0.3 is 0 Å². The number of carbonyl (C=O) groups is 1. The highest BCUT2D eigenvalue weighted by Gasteiger charge is 2.19. The summed E-state index contributed by atoms with van der Waals surface area (Å²) in [5.41, 5.74) is 3.60. The van der Waals surface area contributed by atoms with Crippen molar-refractivity contribution >= 4 is 34.4 Å². The van der Waals surface area contributed by atoms with E-state index in [1.807, 2.05) is 43.3 Å². The second-order valence-electron chi connectivity index (χ2n) is 5.67. The molecule has 0 saturated heterocycles. The summed E-state index contributed by atoms with van der Waals surface area (Å²) in [6, 6.07) is 14.9. The van der Waals surface area contributed by atoms with E-state index in [9.17, 15) is 4.79 Å². The number of nitrogens with zero attached hydrogens (tertiary/aromatic N) is 4. The fraction of sp³-hybridized carbons (Fsp3) is 0.0556. The first kappa shape index (κ1) is 16.2. The van der Waals surface area contributed by atoms with Crippen molar-refractivity contribution in [3.8, 4) is 11.3 Å². The molecule has 0 unspecified atom stereocenters. The molecule has 0 saturated carbocycles. The minimum Gasteiger partial charge on any atom is -0.288 e. The van der Waals surface area contributed by atoms with Crippen molar-refractivity contribution in [3.63, 3.8) is 0 Å². The number of H-pyrrole nitrogens is 1. The highest BCUT2D eigenvalue weighted by atomic mass is 35.5. The fourth-order valence-corrected chi connectivity index (χ4v) is 2.99. The summed E-state index contributed by atoms with van der Waals surface area (Å²) in [7, 11) is 0. The molecule has 2 aromatic carbocycles. The summed E-state index contributed by atoms with van der Waals surface area (Å²) in [5, 5.41) is 17.4. The van der Waals surface area contributed by atoms with E-state index in [2.05, 4.69) is 25.9 Å². The molecule has 0 atom stereocenters. The number of tetrazole rings is 1. The number of nitrogens with one attached hydrogen (secondary N) is 2. The van der Waals surface area contributed by atoms with Crippen LogP contribution in [0.2, 0.25) is 5.02 Å². The predicted octanol–water partition coefficient (Wildman–Crippen LogP) is 3.63. The van der Waals surface area contributed by atoms with Crippen LogP contribution in [-0.2, 0) is 0 Å². The van der Waals surface area contributed by atoms with E-state index in [-0.39, 0.29) is 11.9 Å². The van der Waals surface area contributed by atoms with E-state index in [0.717, 1.165) is 27.7 Å². The molecular formula is C18H13ClN6O. The minimum atomic E-state index is -0.322. The molecule has 0 fully saturated rings. The van der Waals surface area contributed by atoms with Crippen LogP contribution >= 0.6 is 11.6 Å². The smallest absolute Gasteiger partial charge is 0.270 e. The number of amides is 1. The van der Waals surface area contributed by atoms with Gasteiger partial charge in [0.05, 0.1) is 16.8 Å². The predicted molar refractivity (Wildman–Crippen MR) is 99.1 cm³/mol. The van der Waals surface area contributed by atoms with Gasteiger partial charge in [0.15, 0.2) is 0 Å². The second kappa shape index (κ2) is 6.53. The maximum Gasteiger partial charge on any atom is 0.270 e. The van der Waals surface area contributed by atoms with Crippen LogP contribution in [0.3, 0.4) is 0 Å². The van der Waals surface area contributed by atoms with Crippen molar-refractivity contribution in [2.24, 2.45) is 0 Å². The first-order chi connectivity index (χ1) is 12.6. The van der Waals surface area contributed by atoms with Gasteiger partial charge in [0.1, 0.15) is 0 Å². The van der Waals surface area contributed by atoms with Crippen molar-refractivity contribution in [2.75, 3.05) is 5.32 Å². The van der Waals surface area contributed by atoms with E-state index in [4.69, 9.17) is 16.6 Å². The Hall–Kier alpha value is -3.32. The molecule has 2 aromatic heterocycles. The van der Waals surface area contributed by atoms with E-state index in [1.54, 1.807) is 12.1 Å². The molecule has 7 nitrogen and oxygen atoms in total. The summed E-state index contributed by atoms with van der Waals surface area (Å²) in [5.74, 6) is -0.207. The van der Waals surface area contributed by atoms with Crippen LogP contribution in [0.5, 0.6) is 0 Å². The molecule has 2 N–H and O–H groups in total. The van der Waals surface area contributed by atoms with Crippen LogP contribution in [0.15, 0.2) is 48.5 Å². The number of benzene rings is 2. The van der Waals surface area contributed by atoms with E-state index >= 15 is 0 Å². The highest BCUT2D eigenvalue weighted by molar-refractivity contribution is 6.30. The number of carbonyl (C=O) groups excluding carboxylic acids is 1. The van der Waals surface area contributed by atoms with Gasteiger partial charge in [-0.2, -0.15) is 5.21 Å². The lowest BCUT2D eigenvalue weighted by molar-refractivity contribution is 0.102. The Balaban J connectivity index is 1.91. The minimum absolute atomic E-state index is 0.114. The van der Waals surface area contributed by atoms with Crippen molar-refractivity contribution < 1.29 is 4.79 Å². The average molecular weight is 365 g/mol. The summed E-state index contributed by atoms with van der Waals surface area (Å²) < 4.78 is 0. The number of rotatable bonds is 3. The summed E-state index contributed by atoms with van der Waals surface area (Å²) >= 11 is 5.99. The van der Waals surface area contributed by atoms with Gasteiger partial charge in [0, 0.05) is 16.0 Å². The summed E-state index contributed by atoms with van der Waals surface area (Å²) in [6.07, 6.45) is 0. The number of aromatic amines is 1. The van der Waals surface area contributed by atoms with Crippen LogP contribution < -0.4 is 5.32 Å². The van der Waals surface area contributed by atoms with E-state index in [0.29, 0.717) is 10.6 Å². The number of anilines is 1. The lowest BCUT2D eigenvalue weighted by atomic mass is 9.97. The highest BCUT2D eigenvalue weighted by Crippen LogP contribution is 2.30. The first-order valence-electron chi connectivity index (χ1n) is 7.83. The maximum absolute atomic E-state index is 12.9. The molecule has 0 spiro atoms. The number of pyridine rings is 1. The van der Waals surface area contributed by atoms with Crippen LogP contribution in [0.25, 0.3) is 22.2 Å². The Labute approximate surface area is 153 Å². The number of fused-ring (bicyclic) bond motifs is 1.